The van der Waals surface area contributed by atoms with Crippen molar-refractivity contribution >= 4 is 17.5 Å². The Labute approximate surface area is 86.8 Å². The van der Waals surface area contributed by atoms with Crippen molar-refractivity contribution in [3.8, 4) is 10.6 Å². The van der Waals surface area contributed by atoms with Gasteiger partial charge >= 0.3 is 0 Å². The maximum atomic E-state index is 5.48. The Balaban J connectivity index is 2.51. The van der Waals surface area contributed by atoms with Crippen LogP contribution in [0.2, 0.25) is 0 Å². The van der Waals surface area contributed by atoms with Crippen LogP contribution in [-0.4, -0.2) is 9.36 Å². The molecule has 0 amide bonds. The summed E-state index contributed by atoms with van der Waals surface area (Å²) in [6.07, 6.45) is 0. The fourth-order valence-electron chi connectivity index (χ4n) is 1.45. The lowest BCUT2D eigenvalue weighted by atomic mass is 10.1. The molecule has 0 bridgehead atoms. The van der Waals surface area contributed by atoms with Gasteiger partial charge in [0.25, 0.3) is 0 Å². The van der Waals surface area contributed by atoms with Crippen molar-refractivity contribution in [2.45, 2.75) is 13.8 Å². The molecule has 0 aliphatic rings. The minimum Gasteiger partial charge on any atom is -0.367 e. The third kappa shape index (κ3) is 1.75. The van der Waals surface area contributed by atoms with Gasteiger partial charge in [-0.2, -0.15) is 9.36 Å². The molecule has 4 heteroatoms. The molecule has 1 heterocycles. The molecule has 1 aromatic heterocycles. The highest BCUT2D eigenvalue weighted by Crippen LogP contribution is 2.24. The van der Waals surface area contributed by atoms with Gasteiger partial charge in [0.15, 0.2) is 0 Å². The highest BCUT2D eigenvalue weighted by Gasteiger charge is 2.04. The van der Waals surface area contributed by atoms with E-state index in [1.165, 1.54) is 22.7 Å². The van der Waals surface area contributed by atoms with Crippen LogP contribution in [0.3, 0.4) is 0 Å². The van der Waals surface area contributed by atoms with Crippen molar-refractivity contribution in [1.29, 1.82) is 0 Å². The van der Waals surface area contributed by atoms with Gasteiger partial charge < -0.3 is 5.73 Å². The lowest BCUT2D eigenvalue weighted by Crippen LogP contribution is -1.86. The summed E-state index contributed by atoms with van der Waals surface area (Å²) in [6, 6.07) is 6.31. The topological polar surface area (TPSA) is 51.8 Å². The minimum atomic E-state index is 0.351. The number of hydrogen-bond donors (Lipinski definition) is 1. The van der Waals surface area contributed by atoms with Crippen LogP contribution >= 0.6 is 11.5 Å². The average molecular weight is 205 g/mol. The molecule has 0 saturated carbocycles. The van der Waals surface area contributed by atoms with Crippen LogP contribution in [0.1, 0.15) is 11.1 Å². The second kappa shape index (κ2) is 3.38. The SMILES string of the molecule is Cc1cc(C)cc(-c2nc(N)ns2)c1. The summed E-state index contributed by atoms with van der Waals surface area (Å²) >= 11 is 1.33. The average Bonchev–Trinajstić information content (AvgIpc) is 2.50. The molecule has 72 valence electrons. The summed E-state index contributed by atoms with van der Waals surface area (Å²) < 4.78 is 3.96. The zero-order chi connectivity index (χ0) is 10.1. The molecule has 0 radical (unpaired) electrons. The van der Waals surface area contributed by atoms with Crippen LogP contribution in [-0.2, 0) is 0 Å². The number of hydrogen-bond acceptors (Lipinski definition) is 4. The highest BCUT2D eigenvalue weighted by atomic mass is 32.1. The first-order chi connectivity index (χ1) is 6.65. The van der Waals surface area contributed by atoms with E-state index in [0.717, 1.165) is 10.6 Å². The zero-order valence-corrected chi connectivity index (χ0v) is 8.93. The van der Waals surface area contributed by atoms with E-state index in [0.29, 0.717) is 5.95 Å². The molecule has 0 fully saturated rings. The second-order valence-electron chi connectivity index (χ2n) is 3.33. The fourth-order valence-corrected chi connectivity index (χ4v) is 2.03. The van der Waals surface area contributed by atoms with Crippen molar-refractivity contribution < 1.29 is 0 Å². The van der Waals surface area contributed by atoms with E-state index >= 15 is 0 Å². The number of nitrogen functional groups attached to an aromatic ring is 1. The standard InChI is InChI=1S/C10H11N3S/c1-6-3-7(2)5-8(4-6)9-12-10(11)13-14-9/h3-5H,1-2H3,(H2,11,13). The first kappa shape index (κ1) is 9.15. The van der Waals surface area contributed by atoms with Crippen molar-refractivity contribution in [3.63, 3.8) is 0 Å². The molecule has 2 N–H and O–H groups in total. The molecular weight excluding hydrogens is 194 g/mol. The summed E-state index contributed by atoms with van der Waals surface area (Å²) in [5.74, 6) is 0.351. The Kier molecular flexibility index (Phi) is 2.21. The van der Waals surface area contributed by atoms with E-state index in [1.807, 2.05) is 0 Å². The van der Waals surface area contributed by atoms with Crippen LogP contribution in [0, 0.1) is 13.8 Å². The molecule has 0 spiro atoms. The number of nitrogens with zero attached hydrogens (tertiary/aromatic N) is 2. The van der Waals surface area contributed by atoms with E-state index < -0.39 is 0 Å². The molecule has 14 heavy (non-hydrogen) atoms. The van der Waals surface area contributed by atoms with Gasteiger partial charge in [0, 0.05) is 5.56 Å². The zero-order valence-electron chi connectivity index (χ0n) is 8.11. The highest BCUT2D eigenvalue weighted by molar-refractivity contribution is 7.09. The van der Waals surface area contributed by atoms with E-state index in [2.05, 4.69) is 41.4 Å². The smallest absolute Gasteiger partial charge is 0.232 e. The largest absolute Gasteiger partial charge is 0.367 e. The Morgan fingerprint density at radius 3 is 2.29 bits per heavy atom. The van der Waals surface area contributed by atoms with Crippen LogP contribution in [0.4, 0.5) is 5.95 Å². The van der Waals surface area contributed by atoms with Gasteiger partial charge in [-0.25, -0.2) is 0 Å². The van der Waals surface area contributed by atoms with E-state index in [-0.39, 0.29) is 0 Å². The second-order valence-corrected chi connectivity index (χ2v) is 4.09. The van der Waals surface area contributed by atoms with Gasteiger partial charge in [-0.1, -0.05) is 17.2 Å². The van der Waals surface area contributed by atoms with E-state index in [1.54, 1.807) is 0 Å². The third-order valence-corrected chi connectivity index (χ3v) is 2.69. The van der Waals surface area contributed by atoms with Crippen molar-refractivity contribution in [1.82, 2.24) is 9.36 Å². The number of benzene rings is 1. The number of nitrogens with two attached hydrogens (primary N) is 1. The van der Waals surface area contributed by atoms with Crippen molar-refractivity contribution in [2.24, 2.45) is 0 Å². The maximum absolute atomic E-state index is 5.48. The number of rotatable bonds is 1. The Bertz CT molecular complexity index is 442. The summed E-state index contributed by atoms with van der Waals surface area (Å²) in [5.41, 5.74) is 9.04. The number of aromatic nitrogens is 2. The van der Waals surface area contributed by atoms with Crippen molar-refractivity contribution in [2.75, 3.05) is 5.73 Å². The van der Waals surface area contributed by atoms with Gasteiger partial charge in [0.05, 0.1) is 0 Å². The van der Waals surface area contributed by atoms with Crippen molar-refractivity contribution in [3.05, 3.63) is 29.3 Å². The fraction of sp³-hybridized carbons (Fsp3) is 0.200. The van der Waals surface area contributed by atoms with Gasteiger partial charge in [-0.15, -0.1) is 0 Å². The molecule has 0 atom stereocenters. The van der Waals surface area contributed by atoms with Gasteiger partial charge in [0.1, 0.15) is 5.01 Å². The Morgan fingerprint density at radius 2 is 1.79 bits per heavy atom. The van der Waals surface area contributed by atoms with E-state index in [4.69, 9.17) is 5.73 Å². The van der Waals surface area contributed by atoms with Crippen LogP contribution < -0.4 is 5.73 Å². The molecular formula is C10H11N3S. The lowest BCUT2D eigenvalue weighted by molar-refractivity contribution is 1.32. The van der Waals surface area contributed by atoms with Crippen LogP contribution in [0.15, 0.2) is 18.2 Å². The number of aryl methyl sites for hydroxylation is 2. The predicted molar refractivity (Wildman–Crippen MR) is 59.2 cm³/mol. The number of anilines is 1. The van der Waals surface area contributed by atoms with Crippen LogP contribution in [0.25, 0.3) is 10.6 Å². The lowest BCUT2D eigenvalue weighted by Gasteiger charge is -2.00. The molecule has 0 saturated heterocycles. The van der Waals surface area contributed by atoms with Gasteiger partial charge in [-0.3, -0.25) is 0 Å². The first-order valence-electron chi connectivity index (χ1n) is 4.33. The van der Waals surface area contributed by atoms with Gasteiger partial charge in [0.2, 0.25) is 5.95 Å². The van der Waals surface area contributed by atoms with Gasteiger partial charge in [-0.05, 0) is 37.5 Å². The Hall–Kier alpha value is -1.42. The molecule has 0 unspecified atom stereocenters. The summed E-state index contributed by atoms with van der Waals surface area (Å²) in [5, 5.41) is 0.884. The third-order valence-electron chi connectivity index (χ3n) is 1.91. The summed E-state index contributed by atoms with van der Waals surface area (Å²) in [6.45, 7) is 4.14. The summed E-state index contributed by atoms with van der Waals surface area (Å²) in [4.78, 5) is 4.15. The van der Waals surface area contributed by atoms with E-state index in [9.17, 15) is 0 Å². The molecule has 3 nitrogen and oxygen atoms in total. The molecule has 1 aromatic carbocycles. The molecule has 2 rings (SSSR count). The van der Waals surface area contributed by atoms with Crippen LogP contribution in [0.5, 0.6) is 0 Å². The monoisotopic (exact) mass is 205 g/mol. The summed E-state index contributed by atoms with van der Waals surface area (Å²) in [7, 11) is 0. The first-order valence-corrected chi connectivity index (χ1v) is 5.10. The predicted octanol–water partition coefficient (Wildman–Crippen LogP) is 2.40. The molecule has 0 aliphatic heterocycles. The molecule has 2 aromatic rings. The minimum absolute atomic E-state index is 0.351. The maximum Gasteiger partial charge on any atom is 0.232 e. The quantitative estimate of drug-likeness (QED) is 0.777. The Morgan fingerprint density at radius 1 is 1.14 bits per heavy atom. The normalized spacial score (nSPS) is 10.4. The molecule has 0 aliphatic carbocycles.